The normalized spacial score (nSPS) is 24.1. The Kier molecular flexibility index (Phi) is 2.66. The number of hydrogen-bond donors (Lipinski definition) is 1. The highest BCUT2D eigenvalue weighted by Gasteiger charge is 2.28. The van der Waals surface area contributed by atoms with Crippen LogP contribution in [-0.2, 0) is 0 Å². The van der Waals surface area contributed by atoms with Gasteiger partial charge in [-0.25, -0.2) is 4.98 Å². The van der Waals surface area contributed by atoms with Crippen LogP contribution in [0, 0.1) is 18.8 Å². The van der Waals surface area contributed by atoms with Crippen molar-refractivity contribution in [3.63, 3.8) is 0 Å². The van der Waals surface area contributed by atoms with E-state index < -0.39 is 0 Å². The van der Waals surface area contributed by atoms with E-state index in [1.807, 2.05) is 0 Å². The van der Waals surface area contributed by atoms with Gasteiger partial charge in [0.2, 0.25) is 5.95 Å². The Morgan fingerprint density at radius 1 is 1.28 bits per heavy atom. The quantitative estimate of drug-likeness (QED) is 0.858. The fraction of sp³-hybridized carbons (Fsp3) is 0.538. The number of fused-ring (bicyclic) bond motifs is 1. The van der Waals surface area contributed by atoms with Crippen molar-refractivity contribution >= 4 is 33.3 Å². The molecule has 1 aliphatic heterocycles. The molecular weight excluding hydrogens is 244 g/mol. The molecule has 0 bridgehead atoms. The predicted octanol–water partition coefficient (Wildman–Crippen LogP) is 2.67. The Hall–Kier alpha value is -1.36. The van der Waals surface area contributed by atoms with Crippen molar-refractivity contribution in [3.05, 3.63) is 10.9 Å². The number of thiophene rings is 1. The minimum absolute atomic E-state index is 0.381. The summed E-state index contributed by atoms with van der Waals surface area (Å²) in [4.78, 5) is 13.4. The second-order valence-corrected chi connectivity index (χ2v) is 6.58. The Morgan fingerprint density at radius 3 is 2.61 bits per heavy atom. The average molecular weight is 262 g/mol. The van der Waals surface area contributed by atoms with Gasteiger partial charge < -0.3 is 10.6 Å². The highest BCUT2D eigenvalue weighted by molar-refractivity contribution is 7.18. The van der Waals surface area contributed by atoms with Crippen molar-refractivity contribution in [1.82, 2.24) is 9.97 Å². The molecule has 1 saturated heterocycles. The molecule has 0 spiro atoms. The van der Waals surface area contributed by atoms with Gasteiger partial charge in [0, 0.05) is 18.0 Å². The van der Waals surface area contributed by atoms with E-state index >= 15 is 0 Å². The predicted molar refractivity (Wildman–Crippen MR) is 77.1 cm³/mol. The van der Waals surface area contributed by atoms with Gasteiger partial charge in [-0.1, -0.05) is 13.8 Å². The van der Waals surface area contributed by atoms with Crippen LogP contribution in [0.25, 0.3) is 10.2 Å². The zero-order valence-electron chi connectivity index (χ0n) is 11.0. The van der Waals surface area contributed by atoms with Crippen LogP contribution in [0.3, 0.4) is 0 Å². The molecule has 18 heavy (non-hydrogen) atoms. The number of nitrogens with two attached hydrogens (primary N) is 1. The molecule has 0 aliphatic carbocycles. The van der Waals surface area contributed by atoms with E-state index in [4.69, 9.17) is 5.73 Å². The van der Waals surface area contributed by atoms with E-state index in [1.165, 1.54) is 4.88 Å². The van der Waals surface area contributed by atoms with Crippen LogP contribution in [0.5, 0.6) is 0 Å². The molecule has 2 unspecified atom stereocenters. The Bertz CT molecular complexity index is 582. The van der Waals surface area contributed by atoms with Crippen molar-refractivity contribution in [2.24, 2.45) is 11.8 Å². The summed E-state index contributed by atoms with van der Waals surface area (Å²) in [6, 6.07) is 2.17. The minimum atomic E-state index is 0.381. The summed E-state index contributed by atoms with van der Waals surface area (Å²) >= 11 is 1.68. The number of hydrogen-bond acceptors (Lipinski definition) is 5. The molecular formula is C13H18N4S. The van der Waals surface area contributed by atoms with Crippen LogP contribution < -0.4 is 10.6 Å². The maximum absolute atomic E-state index is 5.83. The summed E-state index contributed by atoms with van der Waals surface area (Å²) in [6.45, 7) is 8.81. The maximum atomic E-state index is 5.83. The topological polar surface area (TPSA) is 55.0 Å². The third-order valence-electron chi connectivity index (χ3n) is 3.80. The third kappa shape index (κ3) is 1.82. The van der Waals surface area contributed by atoms with E-state index in [0.717, 1.165) is 29.1 Å². The lowest BCUT2D eigenvalue weighted by Crippen LogP contribution is -2.21. The van der Waals surface area contributed by atoms with Gasteiger partial charge in [0.05, 0.1) is 5.39 Å². The number of anilines is 2. The van der Waals surface area contributed by atoms with E-state index in [9.17, 15) is 0 Å². The van der Waals surface area contributed by atoms with E-state index in [0.29, 0.717) is 17.8 Å². The molecule has 0 radical (unpaired) electrons. The van der Waals surface area contributed by atoms with E-state index in [2.05, 4.69) is 41.7 Å². The summed E-state index contributed by atoms with van der Waals surface area (Å²) < 4.78 is 0. The van der Waals surface area contributed by atoms with Gasteiger partial charge in [0.1, 0.15) is 10.6 Å². The molecule has 4 nitrogen and oxygen atoms in total. The zero-order chi connectivity index (χ0) is 12.9. The average Bonchev–Trinajstić information content (AvgIpc) is 2.81. The molecule has 5 heteroatoms. The van der Waals surface area contributed by atoms with Crippen LogP contribution in [0.4, 0.5) is 11.8 Å². The Balaban J connectivity index is 2.11. The summed E-state index contributed by atoms with van der Waals surface area (Å²) in [7, 11) is 0. The summed E-state index contributed by atoms with van der Waals surface area (Å²) in [5.41, 5.74) is 5.83. The lowest BCUT2D eigenvalue weighted by atomic mass is 10.0. The maximum Gasteiger partial charge on any atom is 0.223 e. The smallest absolute Gasteiger partial charge is 0.223 e. The van der Waals surface area contributed by atoms with Crippen molar-refractivity contribution in [1.29, 1.82) is 0 Å². The third-order valence-corrected chi connectivity index (χ3v) is 4.75. The van der Waals surface area contributed by atoms with Gasteiger partial charge in [0.15, 0.2) is 0 Å². The summed E-state index contributed by atoms with van der Waals surface area (Å²) in [5, 5.41) is 1.15. The zero-order valence-corrected chi connectivity index (χ0v) is 11.8. The van der Waals surface area contributed by atoms with Gasteiger partial charge in [-0.2, -0.15) is 4.98 Å². The molecule has 2 atom stereocenters. The lowest BCUT2D eigenvalue weighted by molar-refractivity contribution is 0.494. The Labute approximate surface area is 111 Å². The van der Waals surface area contributed by atoms with E-state index in [1.54, 1.807) is 11.3 Å². The molecule has 96 valence electrons. The molecule has 3 rings (SSSR count). The molecule has 2 aromatic heterocycles. The largest absolute Gasteiger partial charge is 0.368 e. The van der Waals surface area contributed by atoms with Crippen molar-refractivity contribution in [3.8, 4) is 0 Å². The number of aryl methyl sites for hydroxylation is 1. The second-order valence-electron chi connectivity index (χ2n) is 5.34. The first-order chi connectivity index (χ1) is 8.54. The lowest BCUT2D eigenvalue weighted by Gasteiger charge is -2.18. The van der Waals surface area contributed by atoms with Gasteiger partial charge >= 0.3 is 0 Å². The second kappa shape index (κ2) is 4.09. The standard InChI is InChI=1S/C13H18N4S/c1-7-5-17(6-8(7)2)11-10-4-9(3)18-12(10)16-13(14)15-11/h4,7-8H,5-6H2,1-3H3,(H2,14,15,16). The summed E-state index contributed by atoms with van der Waals surface area (Å²) in [6.07, 6.45) is 0. The Morgan fingerprint density at radius 2 is 1.94 bits per heavy atom. The van der Waals surface area contributed by atoms with Crippen molar-refractivity contribution < 1.29 is 0 Å². The van der Waals surface area contributed by atoms with Crippen LogP contribution in [0.15, 0.2) is 6.07 Å². The fourth-order valence-corrected chi connectivity index (χ4v) is 3.47. The molecule has 0 amide bonds. The SMILES string of the molecule is Cc1cc2c(N3CC(C)C(C)C3)nc(N)nc2s1. The van der Waals surface area contributed by atoms with Crippen LogP contribution in [0.2, 0.25) is 0 Å². The number of nitrogen functional groups attached to an aromatic ring is 1. The molecule has 2 N–H and O–H groups in total. The number of rotatable bonds is 1. The molecule has 0 saturated carbocycles. The van der Waals surface area contributed by atoms with Crippen molar-refractivity contribution in [2.75, 3.05) is 23.7 Å². The first-order valence-corrected chi connectivity index (χ1v) is 7.15. The first kappa shape index (κ1) is 11.7. The molecule has 1 fully saturated rings. The molecule has 0 aromatic carbocycles. The monoisotopic (exact) mass is 262 g/mol. The minimum Gasteiger partial charge on any atom is -0.368 e. The van der Waals surface area contributed by atoms with Gasteiger partial charge in [-0.05, 0) is 24.8 Å². The number of nitrogens with zero attached hydrogens (tertiary/aromatic N) is 3. The fourth-order valence-electron chi connectivity index (χ4n) is 2.59. The molecule has 3 heterocycles. The molecule has 1 aliphatic rings. The van der Waals surface area contributed by atoms with Crippen LogP contribution in [-0.4, -0.2) is 23.1 Å². The highest BCUT2D eigenvalue weighted by atomic mass is 32.1. The van der Waals surface area contributed by atoms with Crippen molar-refractivity contribution in [2.45, 2.75) is 20.8 Å². The van der Waals surface area contributed by atoms with Crippen LogP contribution in [0.1, 0.15) is 18.7 Å². The molecule has 2 aromatic rings. The summed E-state index contributed by atoms with van der Waals surface area (Å²) in [5.74, 6) is 2.80. The first-order valence-electron chi connectivity index (χ1n) is 6.33. The van der Waals surface area contributed by atoms with Gasteiger partial charge in [-0.15, -0.1) is 11.3 Å². The highest BCUT2D eigenvalue weighted by Crippen LogP contribution is 2.34. The van der Waals surface area contributed by atoms with Crippen LogP contribution >= 0.6 is 11.3 Å². The number of aromatic nitrogens is 2. The van der Waals surface area contributed by atoms with E-state index in [-0.39, 0.29) is 0 Å². The van der Waals surface area contributed by atoms with Gasteiger partial charge in [0.25, 0.3) is 0 Å². The van der Waals surface area contributed by atoms with Gasteiger partial charge in [-0.3, -0.25) is 0 Å².